The number of carbonyl (C=O) groups is 1. The van der Waals surface area contributed by atoms with Crippen LogP contribution in [0.2, 0.25) is 0 Å². The molecule has 1 aliphatic heterocycles. The minimum Gasteiger partial charge on any atom is -0.339 e. The van der Waals surface area contributed by atoms with Crippen LogP contribution < -0.4 is 0 Å². The number of likely N-dealkylation sites (tertiary alicyclic amines) is 1. The molecule has 0 bridgehead atoms. The van der Waals surface area contributed by atoms with Crippen LogP contribution in [-0.2, 0) is 6.42 Å². The van der Waals surface area contributed by atoms with Crippen LogP contribution in [0.4, 0.5) is 0 Å². The van der Waals surface area contributed by atoms with Gasteiger partial charge in [-0.1, -0.05) is 41.6 Å². The van der Waals surface area contributed by atoms with Crippen LogP contribution >= 0.6 is 11.3 Å². The molecule has 4 aromatic rings. The third-order valence-electron chi connectivity index (χ3n) is 5.54. The van der Waals surface area contributed by atoms with Crippen molar-refractivity contribution >= 4 is 28.0 Å². The van der Waals surface area contributed by atoms with Gasteiger partial charge in [-0.3, -0.25) is 4.79 Å². The van der Waals surface area contributed by atoms with Gasteiger partial charge in [-0.2, -0.15) is 16.3 Å². The number of amides is 1. The largest absolute Gasteiger partial charge is 0.339 e. The molecule has 1 aliphatic rings. The number of thiophene rings is 1. The number of carbonyl (C=O) groups excluding carboxylic acids is 1. The van der Waals surface area contributed by atoms with Gasteiger partial charge in [0.15, 0.2) is 0 Å². The normalized spacial score (nSPS) is 17.0. The second kappa shape index (κ2) is 7.79. The molecule has 1 unspecified atom stereocenters. The van der Waals surface area contributed by atoms with Crippen molar-refractivity contribution in [3.05, 3.63) is 70.7 Å². The van der Waals surface area contributed by atoms with Gasteiger partial charge in [0, 0.05) is 36.0 Å². The van der Waals surface area contributed by atoms with E-state index in [9.17, 15) is 4.79 Å². The summed E-state index contributed by atoms with van der Waals surface area (Å²) in [6.45, 7) is 1.51. The first-order valence-corrected chi connectivity index (χ1v) is 10.8. The Kier molecular flexibility index (Phi) is 4.86. The first kappa shape index (κ1) is 18.1. The molecule has 0 aliphatic carbocycles. The van der Waals surface area contributed by atoms with Gasteiger partial charge in [-0.15, -0.1) is 0 Å². The van der Waals surface area contributed by atoms with Crippen molar-refractivity contribution in [2.75, 3.05) is 13.1 Å². The van der Waals surface area contributed by atoms with Gasteiger partial charge in [0.05, 0.1) is 0 Å². The third kappa shape index (κ3) is 3.68. The molecule has 6 heteroatoms. The molecule has 3 heterocycles. The minimum atomic E-state index is 0.107. The topological polar surface area (TPSA) is 59.2 Å². The van der Waals surface area contributed by atoms with Crippen molar-refractivity contribution in [1.82, 2.24) is 15.0 Å². The summed E-state index contributed by atoms with van der Waals surface area (Å²) in [4.78, 5) is 19.8. The summed E-state index contributed by atoms with van der Waals surface area (Å²) < 4.78 is 5.47. The van der Waals surface area contributed by atoms with Crippen molar-refractivity contribution < 1.29 is 9.32 Å². The minimum absolute atomic E-state index is 0.107. The van der Waals surface area contributed by atoms with Gasteiger partial charge in [0.1, 0.15) is 0 Å². The van der Waals surface area contributed by atoms with Gasteiger partial charge < -0.3 is 9.42 Å². The van der Waals surface area contributed by atoms with Crippen LogP contribution in [0.3, 0.4) is 0 Å². The van der Waals surface area contributed by atoms with Gasteiger partial charge in [-0.05, 0) is 47.0 Å². The van der Waals surface area contributed by atoms with E-state index in [-0.39, 0.29) is 5.91 Å². The fourth-order valence-corrected chi connectivity index (χ4v) is 4.73. The summed E-state index contributed by atoms with van der Waals surface area (Å²) in [5.74, 6) is 1.73. The zero-order valence-electron chi connectivity index (χ0n) is 16.0. The Morgan fingerprint density at radius 2 is 2.07 bits per heavy atom. The van der Waals surface area contributed by atoms with E-state index in [2.05, 4.69) is 10.1 Å². The summed E-state index contributed by atoms with van der Waals surface area (Å²) >= 11 is 1.62. The Morgan fingerprint density at radius 3 is 2.97 bits per heavy atom. The molecule has 2 aromatic heterocycles. The quantitative estimate of drug-likeness (QED) is 0.479. The van der Waals surface area contributed by atoms with Crippen LogP contribution in [0.1, 0.15) is 29.1 Å². The highest BCUT2D eigenvalue weighted by molar-refractivity contribution is 7.08. The van der Waals surface area contributed by atoms with E-state index in [1.54, 1.807) is 11.3 Å². The van der Waals surface area contributed by atoms with Crippen molar-refractivity contribution in [1.29, 1.82) is 0 Å². The fourth-order valence-electron chi connectivity index (χ4n) is 4.09. The van der Waals surface area contributed by atoms with Gasteiger partial charge >= 0.3 is 0 Å². The molecule has 0 saturated carbocycles. The van der Waals surface area contributed by atoms with Gasteiger partial charge in [0.2, 0.25) is 11.7 Å². The molecule has 1 atom stereocenters. The molecule has 146 valence electrons. The van der Waals surface area contributed by atoms with Crippen LogP contribution in [0.15, 0.2) is 63.8 Å². The predicted octanol–water partition coefficient (Wildman–Crippen LogP) is 5.05. The van der Waals surface area contributed by atoms with Crippen LogP contribution in [0.25, 0.3) is 22.2 Å². The summed E-state index contributed by atoms with van der Waals surface area (Å²) in [5, 5.41) is 10.2. The number of piperidine rings is 1. The molecule has 5 nitrogen and oxygen atoms in total. The molecule has 0 radical (unpaired) electrons. The number of nitrogens with zero attached hydrogens (tertiary/aromatic N) is 3. The molecule has 2 aromatic carbocycles. The van der Waals surface area contributed by atoms with Crippen LogP contribution in [0, 0.1) is 5.92 Å². The smallest absolute Gasteiger partial charge is 0.254 e. The molecule has 29 heavy (non-hydrogen) atoms. The fraction of sp³-hybridized carbons (Fsp3) is 0.261. The van der Waals surface area contributed by atoms with Crippen molar-refractivity contribution in [3.8, 4) is 11.4 Å². The molecule has 1 saturated heterocycles. The van der Waals surface area contributed by atoms with Crippen LogP contribution in [0.5, 0.6) is 0 Å². The molecule has 0 N–H and O–H groups in total. The molecule has 1 amide bonds. The predicted molar refractivity (Wildman–Crippen MR) is 114 cm³/mol. The lowest BCUT2D eigenvalue weighted by atomic mass is 9.93. The molecule has 0 spiro atoms. The highest BCUT2D eigenvalue weighted by atomic mass is 32.1. The van der Waals surface area contributed by atoms with E-state index in [0.717, 1.165) is 47.8 Å². The maximum Gasteiger partial charge on any atom is 0.254 e. The first-order valence-electron chi connectivity index (χ1n) is 9.90. The standard InChI is InChI=1S/C23H21N3O2S/c27-23(20-9-3-7-17-6-1-2-8-19(17)20)26-11-4-5-16(14-26)13-21-24-22(25-28-21)18-10-12-29-15-18/h1-3,6-10,12,15-16H,4-5,11,13-14H2. The Labute approximate surface area is 173 Å². The number of fused-ring (bicyclic) bond motifs is 1. The Bertz CT molecular complexity index is 1130. The maximum absolute atomic E-state index is 13.2. The van der Waals surface area contributed by atoms with Crippen molar-refractivity contribution in [2.24, 2.45) is 5.92 Å². The summed E-state index contributed by atoms with van der Waals surface area (Å²) in [7, 11) is 0. The van der Waals surface area contributed by atoms with E-state index in [0.29, 0.717) is 24.1 Å². The Morgan fingerprint density at radius 1 is 1.17 bits per heavy atom. The lowest BCUT2D eigenvalue weighted by molar-refractivity contribution is 0.0670. The van der Waals surface area contributed by atoms with E-state index < -0.39 is 0 Å². The molecule has 1 fully saturated rings. The lowest BCUT2D eigenvalue weighted by Gasteiger charge is -2.32. The van der Waals surface area contributed by atoms with E-state index >= 15 is 0 Å². The second-order valence-electron chi connectivity index (χ2n) is 7.51. The summed E-state index contributed by atoms with van der Waals surface area (Å²) in [6, 6.07) is 16.0. The average molecular weight is 404 g/mol. The number of benzene rings is 2. The van der Waals surface area contributed by atoms with Crippen molar-refractivity contribution in [2.45, 2.75) is 19.3 Å². The molecule has 5 rings (SSSR count). The van der Waals surface area contributed by atoms with Gasteiger partial charge in [0.25, 0.3) is 5.91 Å². The second-order valence-corrected chi connectivity index (χ2v) is 8.29. The highest BCUT2D eigenvalue weighted by Crippen LogP contribution is 2.26. The van der Waals surface area contributed by atoms with E-state index in [1.165, 1.54) is 0 Å². The zero-order valence-corrected chi connectivity index (χ0v) is 16.8. The van der Waals surface area contributed by atoms with E-state index in [4.69, 9.17) is 4.52 Å². The number of aromatic nitrogens is 2. The highest BCUT2D eigenvalue weighted by Gasteiger charge is 2.27. The number of hydrogen-bond donors (Lipinski definition) is 0. The lowest BCUT2D eigenvalue weighted by Crippen LogP contribution is -2.40. The zero-order chi connectivity index (χ0) is 19.6. The number of hydrogen-bond acceptors (Lipinski definition) is 5. The maximum atomic E-state index is 13.2. The SMILES string of the molecule is O=C(c1cccc2ccccc12)N1CCCC(Cc2nc(-c3ccsc3)no2)C1. The van der Waals surface area contributed by atoms with Crippen LogP contribution in [-0.4, -0.2) is 34.0 Å². The summed E-state index contributed by atoms with van der Waals surface area (Å²) in [6.07, 6.45) is 2.76. The summed E-state index contributed by atoms with van der Waals surface area (Å²) in [5.41, 5.74) is 1.77. The number of rotatable bonds is 4. The van der Waals surface area contributed by atoms with Gasteiger partial charge in [-0.25, -0.2) is 0 Å². The molecular weight excluding hydrogens is 382 g/mol. The average Bonchev–Trinajstić information content (AvgIpc) is 3.45. The first-order chi connectivity index (χ1) is 14.3. The van der Waals surface area contributed by atoms with E-state index in [1.807, 2.05) is 64.2 Å². The Hall–Kier alpha value is -2.99. The third-order valence-corrected chi connectivity index (χ3v) is 6.22. The molecular formula is C23H21N3O2S. The van der Waals surface area contributed by atoms with Crippen molar-refractivity contribution in [3.63, 3.8) is 0 Å². The monoisotopic (exact) mass is 403 g/mol. The Balaban J connectivity index is 1.31.